The van der Waals surface area contributed by atoms with Gasteiger partial charge in [0.25, 0.3) is 0 Å². The average Bonchev–Trinajstić information content (AvgIpc) is 2.20. The Labute approximate surface area is 99.1 Å². The summed E-state index contributed by atoms with van der Waals surface area (Å²) in [6, 6.07) is 4.04. The van der Waals surface area contributed by atoms with Crippen LogP contribution in [0.4, 0.5) is 4.79 Å². The second-order valence-corrected chi connectivity index (χ2v) is 3.62. The van der Waals surface area contributed by atoms with E-state index in [-0.39, 0.29) is 11.9 Å². The molecule has 4 N–H and O–H groups in total. The molecule has 0 heterocycles. The topological polar surface area (TPSA) is 96.9 Å². The number of ether oxygens (including phenoxy) is 1. The van der Waals surface area contributed by atoms with Crippen LogP contribution in [0.1, 0.15) is 19.4 Å². The Kier molecular flexibility index (Phi) is 4.33. The summed E-state index contributed by atoms with van der Waals surface area (Å²) in [6.07, 6.45) is 1.32. The van der Waals surface area contributed by atoms with Crippen LogP contribution in [0, 0.1) is 0 Å². The number of primary amides is 1. The SMILES string of the molecule is CC(C)Oc1ccc(/C=N\NC(N)=O)c(O)c1. The number of urea groups is 1. The molecule has 0 saturated heterocycles. The summed E-state index contributed by atoms with van der Waals surface area (Å²) in [4.78, 5) is 10.4. The molecule has 6 nitrogen and oxygen atoms in total. The minimum atomic E-state index is -0.763. The lowest BCUT2D eigenvalue weighted by molar-refractivity contribution is 0.241. The first-order chi connectivity index (χ1) is 7.99. The lowest BCUT2D eigenvalue weighted by Gasteiger charge is -2.10. The average molecular weight is 237 g/mol. The van der Waals surface area contributed by atoms with E-state index < -0.39 is 6.03 Å². The van der Waals surface area contributed by atoms with E-state index in [1.807, 2.05) is 19.3 Å². The third kappa shape index (κ3) is 4.42. The van der Waals surface area contributed by atoms with E-state index in [1.165, 1.54) is 12.3 Å². The quantitative estimate of drug-likeness (QED) is 0.541. The summed E-state index contributed by atoms with van der Waals surface area (Å²) in [5.41, 5.74) is 7.31. The Morgan fingerprint density at radius 3 is 2.82 bits per heavy atom. The van der Waals surface area contributed by atoms with Gasteiger partial charge in [-0.15, -0.1) is 0 Å². The van der Waals surface area contributed by atoms with Gasteiger partial charge in [-0.05, 0) is 26.0 Å². The van der Waals surface area contributed by atoms with Gasteiger partial charge in [-0.3, -0.25) is 0 Å². The number of hydrogen-bond acceptors (Lipinski definition) is 4. The number of nitrogens with zero attached hydrogens (tertiary/aromatic N) is 1. The van der Waals surface area contributed by atoms with Crippen LogP contribution in [0.3, 0.4) is 0 Å². The molecule has 0 aliphatic carbocycles. The lowest BCUT2D eigenvalue weighted by Crippen LogP contribution is -2.24. The van der Waals surface area contributed by atoms with Crippen LogP contribution >= 0.6 is 0 Å². The number of nitrogens with one attached hydrogen (secondary N) is 1. The summed E-state index contributed by atoms with van der Waals surface area (Å²) in [6.45, 7) is 3.78. The van der Waals surface area contributed by atoms with Gasteiger partial charge in [0.15, 0.2) is 0 Å². The number of phenolic OH excluding ortho intramolecular Hbond substituents is 1. The molecule has 0 atom stereocenters. The molecule has 0 fully saturated rings. The molecule has 0 unspecified atom stereocenters. The highest BCUT2D eigenvalue weighted by Gasteiger charge is 2.03. The lowest BCUT2D eigenvalue weighted by atomic mass is 10.2. The highest BCUT2D eigenvalue weighted by atomic mass is 16.5. The Hall–Kier alpha value is -2.24. The van der Waals surface area contributed by atoms with Gasteiger partial charge in [0.2, 0.25) is 0 Å². The van der Waals surface area contributed by atoms with Crippen LogP contribution in [0.2, 0.25) is 0 Å². The largest absolute Gasteiger partial charge is 0.507 e. The number of amides is 2. The first kappa shape index (κ1) is 12.8. The molecule has 0 aliphatic rings. The smallest absolute Gasteiger partial charge is 0.332 e. The predicted octanol–water partition coefficient (Wildman–Crippen LogP) is 1.18. The molecule has 2 amide bonds. The van der Waals surface area contributed by atoms with Gasteiger partial charge in [-0.1, -0.05) is 0 Å². The zero-order chi connectivity index (χ0) is 12.8. The van der Waals surface area contributed by atoms with Crippen LogP contribution in [0.15, 0.2) is 23.3 Å². The van der Waals surface area contributed by atoms with E-state index in [1.54, 1.807) is 12.1 Å². The van der Waals surface area contributed by atoms with Crippen LogP contribution in [-0.2, 0) is 0 Å². The van der Waals surface area contributed by atoms with Gasteiger partial charge >= 0.3 is 6.03 Å². The first-order valence-electron chi connectivity index (χ1n) is 5.07. The number of benzene rings is 1. The minimum Gasteiger partial charge on any atom is -0.507 e. The van der Waals surface area contributed by atoms with E-state index in [0.717, 1.165) is 0 Å². The summed E-state index contributed by atoms with van der Waals surface area (Å²) in [5, 5.41) is 13.2. The number of nitrogens with two attached hydrogens (primary N) is 1. The molecular formula is C11H15N3O3. The molecule has 0 aromatic heterocycles. The second-order valence-electron chi connectivity index (χ2n) is 3.62. The maximum Gasteiger partial charge on any atom is 0.332 e. The first-order valence-corrected chi connectivity index (χ1v) is 5.07. The molecule has 6 heteroatoms. The van der Waals surface area contributed by atoms with Crippen molar-refractivity contribution < 1.29 is 14.6 Å². The predicted molar refractivity (Wildman–Crippen MR) is 64.2 cm³/mol. The van der Waals surface area contributed by atoms with E-state index in [9.17, 15) is 9.90 Å². The normalized spacial score (nSPS) is 10.8. The number of hydrazone groups is 1. The fourth-order valence-corrected chi connectivity index (χ4v) is 1.14. The van der Waals surface area contributed by atoms with Gasteiger partial charge in [-0.25, -0.2) is 10.2 Å². The van der Waals surface area contributed by atoms with Gasteiger partial charge in [0, 0.05) is 11.6 Å². The van der Waals surface area contributed by atoms with Crippen molar-refractivity contribution in [2.45, 2.75) is 20.0 Å². The zero-order valence-corrected chi connectivity index (χ0v) is 9.68. The highest BCUT2D eigenvalue weighted by Crippen LogP contribution is 2.22. The van der Waals surface area contributed by atoms with E-state index in [0.29, 0.717) is 11.3 Å². The summed E-state index contributed by atoms with van der Waals surface area (Å²) < 4.78 is 5.40. The number of hydrogen-bond donors (Lipinski definition) is 3. The molecule has 0 spiro atoms. The number of phenols is 1. The minimum absolute atomic E-state index is 0.0122. The summed E-state index contributed by atoms with van der Waals surface area (Å²) in [5.74, 6) is 0.579. The van der Waals surface area contributed by atoms with Crippen molar-refractivity contribution >= 4 is 12.2 Å². The van der Waals surface area contributed by atoms with Crippen molar-refractivity contribution in [3.63, 3.8) is 0 Å². The monoisotopic (exact) mass is 237 g/mol. The molecule has 17 heavy (non-hydrogen) atoms. The standard InChI is InChI=1S/C11H15N3O3/c1-7(2)17-9-4-3-8(10(15)5-9)6-13-14-11(12)16/h3-7,15H,1-2H3,(H3,12,14,16)/b13-6-. The van der Waals surface area contributed by atoms with Crippen molar-refractivity contribution in [3.8, 4) is 11.5 Å². The third-order valence-corrected chi connectivity index (χ3v) is 1.75. The molecule has 0 radical (unpaired) electrons. The third-order valence-electron chi connectivity index (χ3n) is 1.75. The molecule has 0 aliphatic heterocycles. The Balaban J connectivity index is 2.75. The fourth-order valence-electron chi connectivity index (χ4n) is 1.14. The van der Waals surface area contributed by atoms with E-state index >= 15 is 0 Å². The van der Waals surface area contributed by atoms with Crippen molar-refractivity contribution in [3.05, 3.63) is 23.8 Å². The Morgan fingerprint density at radius 2 is 2.29 bits per heavy atom. The van der Waals surface area contributed by atoms with Crippen molar-refractivity contribution in [2.24, 2.45) is 10.8 Å². The number of carbonyl (C=O) groups is 1. The molecule has 0 saturated carbocycles. The zero-order valence-electron chi connectivity index (χ0n) is 9.68. The number of carbonyl (C=O) groups excluding carboxylic acids is 1. The van der Waals surface area contributed by atoms with Crippen LogP contribution in [-0.4, -0.2) is 23.5 Å². The van der Waals surface area contributed by atoms with E-state index in [4.69, 9.17) is 10.5 Å². The second kappa shape index (κ2) is 5.74. The molecule has 0 bridgehead atoms. The highest BCUT2D eigenvalue weighted by molar-refractivity contribution is 5.84. The van der Waals surface area contributed by atoms with Gasteiger partial charge in [-0.2, -0.15) is 5.10 Å². The fraction of sp³-hybridized carbons (Fsp3) is 0.273. The van der Waals surface area contributed by atoms with Crippen LogP contribution < -0.4 is 15.9 Å². The van der Waals surface area contributed by atoms with Crippen molar-refractivity contribution in [1.29, 1.82) is 0 Å². The van der Waals surface area contributed by atoms with Crippen LogP contribution in [0.25, 0.3) is 0 Å². The molecule has 92 valence electrons. The molecule has 1 rings (SSSR count). The van der Waals surface area contributed by atoms with Crippen molar-refractivity contribution in [2.75, 3.05) is 0 Å². The van der Waals surface area contributed by atoms with Gasteiger partial charge in [0.1, 0.15) is 11.5 Å². The molecule has 1 aromatic rings. The summed E-state index contributed by atoms with van der Waals surface area (Å²) >= 11 is 0. The maximum atomic E-state index is 10.4. The van der Waals surface area contributed by atoms with Gasteiger partial charge in [0.05, 0.1) is 12.3 Å². The molecule has 1 aromatic carbocycles. The van der Waals surface area contributed by atoms with Gasteiger partial charge < -0.3 is 15.6 Å². The number of aromatic hydroxyl groups is 1. The summed E-state index contributed by atoms with van der Waals surface area (Å²) in [7, 11) is 0. The van der Waals surface area contributed by atoms with E-state index in [2.05, 4.69) is 5.10 Å². The maximum absolute atomic E-state index is 10.4. The van der Waals surface area contributed by atoms with Crippen molar-refractivity contribution in [1.82, 2.24) is 5.43 Å². The Morgan fingerprint density at radius 1 is 1.59 bits per heavy atom. The Bertz CT molecular complexity index is 430. The number of rotatable bonds is 4. The molecular weight excluding hydrogens is 222 g/mol. The van der Waals surface area contributed by atoms with Crippen LogP contribution in [0.5, 0.6) is 11.5 Å².